The van der Waals surface area contributed by atoms with Gasteiger partial charge < -0.3 is 9.42 Å². The van der Waals surface area contributed by atoms with Gasteiger partial charge in [0.15, 0.2) is 0 Å². The fraction of sp³-hybridized carbons (Fsp3) is 0.333. The zero-order chi connectivity index (χ0) is 18.3. The Morgan fingerprint density at radius 2 is 1.72 bits per heavy atom. The molecule has 2 atom stereocenters. The zero-order valence-electron chi connectivity index (χ0n) is 14.1. The largest absolute Gasteiger partial charge is 0.328 e. The van der Waals surface area contributed by atoms with Gasteiger partial charge in [0.1, 0.15) is 0 Å². The van der Waals surface area contributed by atoms with Crippen LogP contribution in [0.1, 0.15) is 36.8 Å². The number of nitrogens with zero attached hydrogens (tertiary/aromatic N) is 1. The van der Waals surface area contributed by atoms with Crippen molar-refractivity contribution in [3.8, 4) is 0 Å². The van der Waals surface area contributed by atoms with Gasteiger partial charge in [-0.25, -0.2) is 0 Å². The Morgan fingerprint density at radius 3 is 2.28 bits per heavy atom. The molecular formula is C18H22NO5P. The predicted octanol–water partition coefficient (Wildman–Crippen LogP) is 4.73. The van der Waals surface area contributed by atoms with Crippen molar-refractivity contribution in [1.82, 2.24) is 0 Å². The van der Waals surface area contributed by atoms with Gasteiger partial charge in [0.2, 0.25) is 0 Å². The first kappa shape index (κ1) is 19.3. The molecule has 6 nitrogen and oxygen atoms in total. The zero-order valence-corrected chi connectivity index (χ0v) is 15.0. The van der Waals surface area contributed by atoms with Crippen molar-refractivity contribution in [2.45, 2.75) is 25.7 Å². The highest BCUT2D eigenvalue weighted by atomic mass is 31.2. The quantitative estimate of drug-likeness (QED) is 0.395. The molecule has 0 radical (unpaired) electrons. The second kappa shape index (κ2) is 8.90. The molecule has 134 valence electrons. The molecule has 0 aromatic heterocycles. The highest BCUT2D eigenvalue weighted by molar-refractivity contribution is 7.52. The third-order valence-electron chi connectivity index (χ3n) is 3.97. The maximum Gasteiger partial charge on any atom is 0.328 e. The van der Waals surface area contributed by atoms with Crippen LogP contribution >= 0.6 is 7.60 Å². The minimum atomic E-state index is -3.54. The topological polar surface area (TPSA) is 89.7 Å². The van der Waals surface area contributed by atoms with Gasteiger partial charge in [-0.05, 0) is 30.9 Å². The molecule has 0 aliphatic heterocycles. The fourth-order valence-corrected chi connectivity index (χ4v) is 3.92. The fourth-order valence-electron chi connectivity index (χ4n) is 2.80. The second-order valence-corrected chi connectivity index (χ2v) is 7.71. The Hall–Kier alpha value is -2.01. The van der Waals surface area contributed by atoms with E-state index in [1.165, 1.54) is 12.1 Å². The average molecular weight is 363 g/mol. The first-order valence-electron chi connectivity index (χ1n) is 8.18. The molecule has 0 amide bonds. The number of non-ortho nitro benzene ring substituents is 1. The molecule has 0 aliphatic rings. The second-order valence-electron chi connectivity index (χ2n) is 5.73. The average Bonchev–Trinajstić information content (AvgIpc) is 2.59. The van der Waals surface area contributed by atoms with E-state index in [2.05, 4.69) is 0 Å². The first-order valence-corrected chi connectivity index (χ1v) is 9.95. The summed E-state index contributed by atoms with van der Waals surface area (Å²) in [5, 5.41) is 10.8. The molecule has 2 unspecified atom stereocenters. The van der Waals surface area contributed by atoms with Crippen molar-refractivity contribution in [1.29, 1.82) is 0 Å². The van der Waals surface area contributed by atoms with Gasteiger partial charge in [-0.2, -0.15) is 0 Å². The Morgan fingerprint density at radius 1 is 1.12 bits per heavy atom. The number of rotatable bonds is 9. The molecule has 0 saturated carbocycles. The van der Waals surface area contributed by atoms with Gasteiger partial charge in [0.05, 0.1) is 17.7 Å². The van der Waals surface area contributed by atoms with Gasteiger partial charge in [-0.1, -0.05) is 42.5 Å². The lowest BCUT2D eigenvalue weighted by Crippen LogP contribution is -2.04. The van der Waals surface area contributed by atoms with Crippen molar-refractivity contribution >= 4 is 13.3 Å². The van der Waals surface area contributed by atoms with E-state index in [-0.39, 0.29) is 24.4 Å². The smallest absolute Gasteiger partial charge is 0.324 e. The molecule has 25 heavy (non-hydrogen) atoms. The number of hydrogen-bond donors (Lipinski definition) is 1. The van der Waals surface area contributed by atoms with Crippen LogP contribution in [0.2, 0.25) is 0 Å². The van der Waals surface area contributed by atoms with Gasteiger partial charge in [-0.15, -0.1) is 0 Å². The summed E-state index contributed by atoms with van der Waals surface area (Å²) >= 11 is 0. The van der Waals surface area contributed by atoms with E-state index in [4.69, 9.17) is 4.52 Å². The van der Waals surface area contributed by atoms with Crippen molar-refractivity contribution < 1.29 is 18.9 Å². The molecule has 0 aliphatic carbocycles. The van der Waals surface area contributed by atoms with Crippen LogP contribution in [0.15, 0.2) is 54.6 Å². The lowest BCUT2D eigenvalue weighted by atomic mass is 9.87. The number of benzene rings is 2. The van der Waals surface area contributed by atoms with E-state index in [0.29, 0.717) is 12.8 Å². The van der Waals surface area contributed by atoms with E-state index >= 15 is 0 Å². The van der Waals surface area contributed by atoms with Gasteiger partial charge in [-0.3, -0.25) is 14.7 Å². The predicted molar refractivity (Wildman–Crippen MR) is 96.9 cm³/mol. The summed E-state index contributed by atoms with van der Waals surface area (Å²) in [5.41, 5.74) is 2.06. The highest BCUT2D eigenvalue weighted by Gasteiger charge is 2.21. The Bertz CT molecular complexity index is 733. The van der Waals surface area contributed by atoms with Crippen LogP contribution < -0.4 is 0 Å². The molecular weight excluding hydrogens is 341 g/mol. The summed E-state index contributed by atoms with van der Waals surface area (Å²) in [7, 11) is -3.54. The number of nitro groups is 1. The highest BCUT2D eigenvalue weighted by Crippen LogP contribution is 2.43. The van der Waals surface area contributed by atoms with E-state index in [1.807, 2.05) is 30.3 Å². The Kier molecular flexibility index (Phi) is 6.88. The monoisotopic (exact) mass is 363 g/mol. The third kappa shape index (κ3) is 5.78. The Labute approximate surface area is 147 Å². The van der Waals surface area contributed by atoms with Crippen molar-refractivity contribution in [2.24, 2.45) is 0 Å². The van der Waals surface area contributed by atoms with Gasteiger partial charge in [0.25, 0.3) is 5.69 Å². The maximum atomic E-state index is 11.8. The summed E-state index contributed by atoms with van der Waals surface area (Å²) < 4.78 is 16.7. The SMILES string of the molecule is CCOP(=O)(O)CCCC(c1ccccc1)c1ccc([N+](=O)[O-])cc1. The van der Waals surface area contributed by atoms with Crippen molar-refractivity contribution in [3.63, 3.8) is 0 Å². The normalized spacial score (nSPS) is 14.6. The van der Waals surface area contributed by atoms with Gasteiger partial charge in [0, 0.05) is 18.1 Å². The third-order valence-corrected chi connectivity index (χ3v) is 5.52. The van der Waals surface area contributed by atoms with Crippen LogP contribution in [0.25, 0.3) is 0 Å². The van der Waals surface area contributed by atoms with Crippen LogP contribution in [-0.2, 0) is 9.09 Å². The van der Waals surface area contributed by atoms with E-state index in [9.17, 15) is 19.6 Å². The molecule has 0 saturated heterocycles. The molecule has 0 heterocycles. The summed E-state index contributed by atoms with van der Waals surface area (Å²) in [6, 6.07) is 16.3. The molecule has 0 bridgehead atoms. The van der Waals surface area contributed by atoms with E-state index in [1.54, 1.807) is 19.1 Å². The molecule has 7 heteroatoms. The van der Waals surface area contributed by atoms with Gasteiger partial charge >= 0.3 is 7.60 Å². The number of nitro benzene ring substituents is 1. The molecule has 0 fully saturated rings. The Balaban J connectivity index is 2.17. The lowest BCUT2D eigenvalue weighted by Gasteiger charge is -2.19. The minimum absolute atomic E-state index is 0.00336. The van der Waals surface area contributed by atoms with Crippen LogP contribution in [0.4, 0.5) is 5.69 Å². The summed E-state index contributed by atoms with van der Waals surface area (Å²) in [6.07, 6.45) is 1.26. The summed E-state index contributed by atoms with van der Waals surface area (Å²) in [6.45, 7) is 1.89. The maximum absolute atomic E-state index is 11.8. The van der Waals surface area contributed by atoms with Crippen LogP contribution in [-0.4, -0.2) is 22.6 Å². The standard InChI is InChI=1S/C18H22NO5P/c1-2-24-25(22,23)14-6-9-18(15-7-4-3-5-8-15)16-10-12-17(13-11-16)19(20)21/h3-5,7-8,10-13,18H,2,6,9,14H2,1H3,(H,22,23). The molecule has 2 aromatic rings. The summed E-state index contributed by atoms with van der Waals surface area (Å²) in [4.78, 5) is 20.1. The molecule has 2 rings (SSSR count). The van der Waals surface area contributed by atoms with Crippen molar-refractivity contribution in [3.05, 3.63) is 75.8 Å². The first-order chi connectivity index (χ1) is 11.9. The number of hydrogen-bond acceptors (Lipinski definition) is 4. The van der Waals surface area contributed by atoms with E-state index < -0.39 is 12.5 Å². The molecule has 0 spiro atoms. The van der Waals surface area contributed by atoms with Crippen molar-refractivity contribution in [2.75, 3.05) is 12.8 Å². The molecule has 1 N–H and O–H groups in total. The minimum Gasteiger partial charge on any atom is -0.324 e. The molecule has 2 aromatic carbocycles. The lowest BCUT2D eigenvalue weighted by molar-refractivity contribution is -0.384. The van der Waals surface area contributed by atoms with Crippen LogP contribution in [0.3, 0.4) is 0 Å². The van der Waals surface area contributed by atoms with Crippen LogP contribution in [0.5, 0.6) is 0 Å². The summed E-state index contributed by atoms with van der Waals surface area (Å²) in [5.74, 6) is 0.00336. The van der Waals surface area contributed by atoms with Crippen LogP contribution in [0, 0.1) is 10.1 Å². The van der Waals surface area contributed by atoms with E-state index in [0.717, 1.165) is 11.1 Å².